The first-order valence-electron chi connectivity index (χ1n) is 20.6. The van der Waals surface area contributed by atoms with Crippen molar-refractivity contribution in [2.75, 3.05) is 9.80 Å². The summed E-state index contributed by atoms with van der Waals surface area (Å²) < 4.78 is 0. The van der Waals surface area contributed by atoms with E-state index in [0.29, 0.717) is 0 Å². The van der Waals surface area contributed by atoms with Gasteiger partial charge in [0.05, 0.1) is 21.1 Å². The van der Waals surface area contributed by atoms with Crippen LogP contribution in [0.15, 0.2) is 175 Å². The molecule has 0 bridgehead atoms. The highest BCUT2D eigenvalue weighted by molar-refractivity contribution is 7.14. The van der Waals surface area contributed by atoms with E-state index in [1.165, 1.54) is 82.6 Å². The standard InChI is InChI=1S/C54H48N2S2/c1-6-53(5,55(50-20-14-32-57-50)42-27-22-39(23-28-42)37-16-10-8-11-17-37)41-26-31-44-45-35-48-49(36-47(45)52(3,4)46(44)34-41)54(48,7-2)56(51-21-15-33-58-51)43-29-24-40(25-30-43)38-18-12-9-13-19-38/h8-36H,6-7H2,1-5H3. The Balaban J connectivity index is 1.03. The van der Waals surface area contributed by atoms with E-state index in [0.717, 1.165) is 12.8 Å². The summed E-state index contributed by atoms with van der Waals surface area (Å²) in [6, 6.07) is 61.1. The summed E-state index contributed by atoms with van der Waals surface area (Å²) in [5.41, 5.74) is 16.6. The molecular weight excluding hydrogens is 741 g/mol. The normalized spacial score (nSPS) is 16.8. The minimum atomic E-state index is -0.277. The minimum absolute atomic E-state index is 0.150. The van der Waals surface area contributed by atoms with Crippen molar-refractivity contribution in [1.29, 1.82) is 0 Å². The lowest BCUT2D eigenvalue weighted by Gasteiger charge is -2.43. The van der Waals surface area contributed by atoms with Crippen LogP contribution in [-0.2, 0) is 16.5 Å². The molecule has 2 nitrogen and oxygen atoms in total. The van der Waals surface area contributed by atoms with Gasteiger partial charge in [-0.05, 0) is 146 Å². The molecule has 2 aliphatic carbocycles. The zero-order chi connectivity index (χ0) is 39.6. The van der Waals surface area contributed by atoms with E-state index < -0.39 is 0 Å². The Kier molecular flexibility index (Phi) is 8.85. The van der Waals surface area contributed by atoms with Gasteiger partial charge in [0.15, 0.2) is 0 Å². The average molecular weight is 789 g/mol. The number of hydrogen-bond acceptors (Lipinski definition) is 4. The zero-order valence-corrected chi connectivity index (χ0v) is 35.5. The highest BCUT2D eigenvalue weighted by atomic mass is 32.1. The van der Waals surface area contributed by atoms with E-state index >= 15 is 0 Å². The Labute approximate surface area is 351 Å². The molecule has 0 N–H and O–H groups in total. The number of anilines is 4. The molecule has 8 aromatic rings. The summed E-state index contributed by atoms with van der Waals surface area (Å²) in [4.78, 5) is 5.19. The van der Waals surface area contributed by atoms with Gasteiger partial charge in [0.25, 0.3) is 0 Å². The second-order valence-corrected chi connectivity index (χ2v) is 18.4. The van der Waals surface area contributed by atoms with Crippen LogP contribution in [0.4, 0.5) is 21.4 Å². The fourth-order valence-corrected chi connectivity index (χ4v) is 11.5. The van der Waals surface area contributed by atoms with Gasteiger partial charge >= 0.3 is 0 Å². The summed E-state index contributed by atoms with van der Waals surface area (Å²) >= 11 is 3.63. The molecule has 0 amide bonds. The fourth-order valence-electron chi connectivity index (χ4n) is 9.83. The lowest BCUT2D eigenvalue weighted by molar-refractivity contribution is 0.464. The molecule has 0 saturated heterocycles. The van der Waals surface area contributed by atoms with Gasteiger partial charge in [-0.1, -0.05) is 137 Å². The van der Waals surface area contributed by atoms with E-state index in [2.05, 4.69) is 219 Å². The summed E-state index contributed by atoms with van der Waals surface area (Å²) in [6.07, 6.45) is 1.95. The highest BCUT2D eigenvalue weighted by Crippen LogP contribution is 2.63. The van der Waals surface area contributed by atoms with Crippen LogP contribution in [0.3, 0.4) is 0 Å². The summed E-state index contributed by atoms with van der Waals surface area (Å²) in [7, 11) is 0. The molecular formula is C54H48N2S2. The topological polar surface area (TPSA) is 6.48 Å². The predicted octanol–water partition coefficient (Wildman–Crippen LogP) is 15.7. The van der Waals surface area contributed by atoms with Crippen molar-refractivity contribution in [2.45, 2.75) is 64.0 Å². The monoisotopic (exact) mass is 788 g/mol. The van der Waals surface area contributed by atoms with Gasteiger partial charge in [-0.3, -0.25) is 0 Å². The summed E-state index contributed by atoms with van der Waals surface area (Å²) in [5.74, 6) is 0. The van der Waals surface area contributed by atoms with Crippen LogP contribution in [-0.4, -0.2) is 0 Å². The third-order valence-corrected chi connectivity index (χ3v) is 15.0. The number of nitrogens with zero attached hydrogens (tertiary/aromatic N) is 2. The molecule has 2 aromatic heterocycles. The highest BCUT2D eigenvalue weighted by Gasteiger charge is 2.56. The molecule has 0 aliphatic heterocycles. The Hall–Kier alpha value is -5.68. The van der Waals surface area contributed by atoms with Crippen LogP contribution >= 0.6 is 22.7 Å². The van der Waals surface area contributed by atoms with Crippen LogP contribution in [0.1, 0.15) is 75.3 Å². The van der Waals surface area contributed by atoms with Crippen molar-refractivity contribution in [3.63, 3.8) is 0 Å². The van der Waals surface area contributed by atoms with Crippen LogP contribution in [0.5, 0.6) is 0 Å². The Bertz CT molecular complexity index is 2720. The second-order valence-electron chi connectivity index (χ2n) is 16.6. The average Bonchev–Trinajstić information content (AvgIpc) is 3.75. The quantitative estimate of drug-likeness (QED) is 0.129. The number of rotatable bonds is 11. The molecule has 2 atom stereocenters. The summed E-state index contributed by atoms with van der Waals surface area (Å²) in [6.45, 7) is 12.0. The maximum Gasteiger partial charge on any atom is 0.0967 e. The van der Waals surface area contributed by atoms with Crippen molar-refractivity contribution in [1.82, 2.24) is 0 Å². The number of benzene rings is 6. The van der Waals surface area contributed by atoms with E-state index in [9.17, 15) is 0 Å². The Morgan fingerprint density at radius 3 is 1.59 bits per heavy atom. The van der Waals surface area contributed by atoms with Gasteiger partial charge < -0.3 is 9.80 Å². The summed E-state index contributed by atoms with van der Waals surface area (Å²) in [5, 5.41) is 6.93. The molecule has 58 heavy (non-hydrogen) atoms. The van der Waals surface area contributed by atoms with Gasteiger partial charge in [-0.15, -0.1) is 22.7 Å². The van der Waals surface area contributed by atoms with Crippen molar-refractivity contribution in [3.8, 4) is 33.4 Å². The lowest BCUT2D eigenvalue weighted by Crippen LogP contribution is -2.40. The molecule has 10 rings (SSSR count). The first-order valence-corrected chi connectivity index (χ1v) is 22.4. The van der Waals surface area contributed by atoms with Gasteiger partial charge in [0.1, 0.15) is 0 Å². The zero-order valence-electron chi connectivity index (χ0n) is 33.9. The molecule has 2 aliphatic rings. The van der Waals surface area contributed by atoms with Crippen molar-refractivity contribution >= 4 is 44.1 Å². The number of fused-ring (bicyclic) bond motifs is 4. The maximum absolute atomic E-state index is 2.61. The Morgan fingerprint density at radius 2 is 1.03 bits per heavy atom. The molecule has 0 fully saturated rings. The molecule has 0 saturated carbocycles. The van der Waals surface area contributed by atoms with E-state index in [4.69, 9.17) is 0 Å². The third-order valence-electron chi connectivity index (χ3n) is 13.3. The van der Waals surface area contributed by atoms with E-state index in [1.807, 2.05) is 22.7 Å². The van der Waals surface area contributed by atoms with Crippen molar-refractivity contribution in [3.05, 3.63) is 202 Å². The number of thiophene rings is 2. The molecule has 0 radical (unpaired) electrons. The lowest BCUT2D eigenvalue weighted by atomic mass is 9.79. The van der Waals surface area contributed by atoms with Crippen LogP contribution in [0, 0.1) is 0 Å². The third kappa shape index (κ3) is 5.64. The predicted molar refractivity (Wildman–Crippen MR) is 249 cm³/mol. The molecule has 2 unspecified atom stereocenters. The number of hydrogen-bond donors (Lipinski definition) is 0. The van der Waals surface area contributed by atoms with Gasteiger partial charge in [-0.2, -0.15) is 0 Å². The van der Waals surface area contributed by atoms with Gasteiger partial charge in [-0.25, -0.2) is 0 Å². The van der Waals surface area contributed by atoms with E-state index in [-0.39, 0.29) is 16.5 Å². The van der Waals surface area contributed by atoms with Crippen molar-refractivity contribution < 1.29 is 0 Å². The maximum atomic E-state index is 2.61. The molecule has 4 heteroatoms. The molecule has 0 spiro atoms. The SMILES string of the molecule is CCC(C)(c1ccc2c(c1)C(C)(C)c1cc3c(cc1-2)C3(CC)N(c1ccc(-c2ccccc2)cc1)c1cccs1)N(c1ccc(-c2ccccc2)cc1)c1cccs1. The molecule has 286 valence electrons. The van der Waals surface area contributed by atoms with Crippen LogP contribution in [0.2, 0.25) is 0 Å². The molecule has 2 heterocycles. The smallest absolute Gasteiger partial charge is 0.0967 e. The van der Waals surface area contributed by atoms with E-state index in [1.54, 1.807) is 0 Å². The van der Waals surface area contributed by atoms with Crippen LogP contribution < -0.4 is 9.80 Å². The van der Waals surface area contributed by atoms with Crippen LogP contribution in [0.25, 0.3) is 33.4 Å². The first kappa shape index (κ1) is 36.6. The Morgan fingerprint density at radius 1 is 0.500 bits per heavy atom. The minimum Gasteiger partial charge on any atom is -0.323 e. The second kappa shape index (κ2) is 14.0. The van der Waals surface area contributed by atoms with Gasteiger partial charge in [0, 0.05) is 16.8 Å². The largest absolute Gasteiger partial charge is 0.323 e. The molecule has 6 aromatic carbocycles. The first-order chi connectivity index (χ1) is 28.3. The van der Waals surface area contributed by atoms with Crippen molar-refractivity contribution in [2.24, 2.45) is 0 Å². The van der Waals surface area contributed by atoms with Gasteiger partial charge in [0.2, 0.25) is 0 Å². The fraction of sp³-hybridized carbons (Fsp3) is 0.185.